The quantitative estimate of drug-likeness (QED) is 0.600. The van der Waals surface area contributed by atoms with E-state index in [2.05, 4.69) is 21.8 Å². The second kappa shape index (κ2) is 5.65. The number of fused-ring (bicyclic) bond motifs is 1. The van der Waals surface area contributed by atoms with E-state index in [1.807, 2.05) is 18.2 Å². The van der Waals surface area contributed by atoms with Gasteiger partial charge in [0.15, 0.2) is 23.3 Å². The Kier molecular flexibility index (Phi) is 3.70. The monoisotopic (exact) mass is 290 g/mol. The number of nitrogens with two attached hydrogens (primary N) is 1. The highest BCUT2D eigenvalue weighted by Crippen LogP contribution is 2.33. The number of aryl methyl sites for hydroxylation is 1. The first-order valence-electron chi connectivity index (χ1n) is 6.86. The third-order valence-corrected chi connectivity index (χ3v) is 3.75. The molecule has 4 nitrogen and oxygen atoms in total. The van der Waals surface area contributed by atoms with Crippen LogP contribution in [-0.4, -0.2) is 4.98 Å². The average Bonchev–Trinajstić information content (AvgIpc) is 2.50. The van der Waals surface area contributed by atoms with Crippen LogP contribution in [0.25, 0.3) is 0 Å². The molecule has 6 heteroatoms. The largest absolute Gasteiger partial charge is 0.361 e. The number of halogens is 2. The molecule has 1 aliphatic carbocycles. The molecule has 3 rings (SSSR count). The predicted octanol–water partition coefficient (Wildman–Crippen LogP) is 3.13. The SMILES string of the molecule is NNc1nc(NC2CCCc3ccccc32)c(F)cc1F. The molecule has 21 heavy (non-hydrogen) atoms. The minimum atomic E-state index is -0.815. The summed E-state index contributed by atoms with van der Waals surface area (Å²) >= 11 is 0. The normalized spacial score (nSPS) is 17.2. The van der Waals surface area contributed by atoms with E-state index in [0.29, 0.717) is 0 Å². The summed E-state index contributed by atoms with van der Waals surface area (Å²) in [6, 6.07) is 8.79. The lowest BCUT2D eigenvalue weighted by Crippen LogP contribution is -2.20. The van der Waals surface area contributed by atoms with Crippen molar-refractivity contribution in [2.45, 2.75) is 25.3 Å². The van der Waals surface area contributed by atoms with Crippen LogP contribution in [0.1, 0.15) is 30.0 Å². The number of pyridine rings is 1. The molecule has 2 aromatic rings. The Morgan fingerprint density at radius 1 is 1.14 bits per heavy atom. The van der Waals surface area contributed by atoms with Crippen molar-refractivity contribution in [3.05, 3.63) is 53.1 Å². The van der Waals surface area contributed by atoms with Crippen molar-refractivity contribution in [2.24, 2.45) is 5.84 Å². The van der Waals surface area contributed by atoms with Gasteiger partial charge in [0.1, 0.15) is 0 Å². The van der Waals surface area contributed by atoms with Gasteiger partial charge in [0.2, 0.25) is 0 Å². The van der Waals surface area contributed by atoms with Crippen LogP contribution in [0.3, 0.4) is 0 Å². The molecule has 0 bridgehead atoms. The Bertz CT molecular complexity index is 660. The lowest BCUT2D eigenvalue weighted by molar-refractivity contribution is 0.563. The molecule has 0 fully saturated rings. The van der Waals surface area contributed by atoms with E-state index < -0.39 is 11.6 Å². The van der Waals surface area contributed by atoms with Crippen molar-refractivity contribution < 1.29 is 8.78 Å². The van der Waals surface area contributed by atoms with Gasteiger partial charge in [-0.3, -0.25) is 0 Å². The number of hydrazine groups is 1. The van der Waals surface area contributed by atoms with Crippen LogP contribution in [0.15, 0.2) is 30.3 Å². The molecule has 1 aromatic heterocycles. The molecule has 1 aromatic carbocycles. The van der Waals surface area contributed by atoms with Crippen LogP contribution in [0.2, 0.25) is 0 Å². The van der Waals surface area contributed by atoms with Crippen molar-refractivity contribution in [3.8, 4) is 0 Å². The third kappa shape index (κ3) is 2.67. The minimum absolute atomic E-state index is 0.00560. The lowest BCUT2D eigenvalue weighted by atomic mass is 9.88. The Hall–Kier alpha value is -2.21. The lowest BCUT2D eigenvalue weighted by Gasteiger charge is -2.27. The summed E-state index contributed by atoms with van der Waals surface area (Å²) in [5, 5.41) is 3.06. The van der Waals surface area contributed by atoms with Gasteiger partial charge in [0.05, 0.1) is 6.04 Å². The van der Waals surface area contributed by atoms with Crippen molar-refractivity contribution in [3.63, 3.8) is 0 Å². The molecule has 1 aliphatic rings. The number of nitrogens with one attached hydrogen (secondary N) is 2. The van der Waals surface area contributed by atoms with Gasteiger partial charge in [-0.25, -0.2) is 19.6 Å². The number of aromatic nitrogens is 1. The van der Waals surface area contributed by atoms with Gasteiger partial charge in [-0.05, 0) is 30.4 Å². The van der Waals surface area contributed by atoms with Crippen molar-refractivity contribution >= 4 is 11.6 Å². The molecule has 0 spiro atoms. The zero-order valence-electron chi connectivity index (χ0n) is 11.4. The molecule has 0 saturated carbocycles. The first kappa shape index (κ1) is 13.8. The number of hydrogen-bond donors (Lipinski definition) is 3. The van der Waals surface area contributed by atoms with Crippen LogP contribution in [0.5, 0.6) is 0 Å². The van der Waals surface area contributed by atoms with Crippen molar-refractivity contribution in [2.75, 3.05) is 10.7 Å². The number of hydrogen-bond acceptors (Lipinski definition) is 4. The van der Waals surface area contributed by atoms with Crippen LogP contribution < -0.4 is 16.6 Å². The Morgan fingerprint density at radius 3 is 2.71 bits per heavy atom. The number of rotatable bonds is 3. The van der Waals surface area contributed by atoms with E-state index >= 15 is 0 Å². The summed E-state index contributed by atoms with van der Waals surface area (Å²) in [6.07, 6.45) is 2.91. The molecule has 0 aliphatic heterocycles. The fourth-order valence-electron chi connectivity index (χ4n) is 2.74. The van der Waals surface area contributed by atoms with Crippen LogP contribution >= 0.6 is 0 Å². The van der Waals surface area contributed by atoms with Crippen LogP contribution in [0, 0.1) is 11.6 Å². The molecular formula is C15H16F2N4. The van der Waals surface area contributed by atoms with Gasteiger partial charge in [-0.2, -0.15) is 0 Å². The average molecular weight is 290 g/mol. The third-order valence-electron chi connectivity index (χ3n) is 3.75. The molecule has 1 heterocycles. The highest BCUT2D eigenvalue weighted by molar-refractivity contribution is 5.49. The standard InChI is InChI=1S/C15H16F2N4/c16-11-8-12(17)15(21-18)20-14(11)19-13-7-3-5-9-4-1-2-6-10(9)13/h1-2,4,6,8,13H,3,5,7,18H2,(H2,19,20,21). The summed E-state index contributed by atoms with van der Waals surface area (Å²) in [7, 11) is 0. The van der Waals surface area contributed by atoms with Gasteiger partial charge >= 0.3 is 0 Å². The maximum absolute atomic E-state index is 13.9. The van der Waals surface area contributed by atoms with Crippen LogP contribution in [0.4, 0.5) is 20.4 Å². The first-order valence-corrected chi connectivity index (χ1v) is 6.86. The molecule has 1 atom stereocenters. The van der Waals surface area contributed by atoms with Gasteiger partial charge < -0.3 is 10.7 Å². The van der Waals surface area contributed by atoms with Gasteiger partial charge in [-0.15, -0.1) is 0 Å². The summed E-state index contributed by atoms with van der Waals surface area (Å²) in [6.45, 7) is 0. The molecular weight excluding hydrogens is 274 g/mol. The Labute approximate surface area is 121 Å². The molecule has 0 saturated heterocycles. The molecule has 1 unspecified atom stereocenters. The fraction of sp³-hybridized carbons (Fsp3) is 0.267. The summed E-state index contributed by atoms with van der Waals surface area (Å²) in [5.41, 5.74) is 4.51. The van der Waals surface area contributed by atoms with E-state index in [1.54, 1.807) is 0 Å². The number of nitrogen functional groups attached to an aromatic ring is 1. The molecule has 0 radical (unpaired) electrons. The minimum Gasteiger partial charge on any atom is -0.361 e. The van der Waals surface area contributed by atoms with E-state index in [-0.39, 0.29) is 17.7 Å². The fourth-order valence-corrected chi connectivity index (χ4v) is 2.74. The Morgan fingerprint density at radius 2 is 1.90 bits per heavy atom. The second-order valence-corrected chi connectivity index (χ2v) is 5.08. The van der Waals surface area contributed by atoms with E-state index in [9.17, 15) is 8.78 Å². The van der Waals surface area contributed by atoms with Crippen molar-refractivity contribution in [1.29, 1.82) is 0 Å². The molecule has 0 amide bonds. The zero-order chi connectivity index (χ0) is 14.8. The van der Waals surface area contributed by atoms with E-state index in [1.165, 1.54) is 5.56 Å². The predicted molar refractivity (Wildman–Crippen MR) is 77.7 cm³/mol. The number of anilines is 2. The summed E-state index contributed by atoms with van der Waals surface area (Å²) < 4.78 is 27.2. The van der Waals surface area contributed by atoms with E-state index in [0.717, 1.165) is 30.9 Å². The Balaban J connectivity index is 1.91. The number of benzene rings is 1. The summed E-state index contributed by atoms with van der Waals surface area (Å²) in [4.78, 5) is 3.86. The first-order chi connectivity index (χ1) is 10.2. The summed E-state index contributed by atoms with van der Waals surface area (Å²) in [5.74, 6) is 3.46. The van der Waals surface area contributed by atoms with E-state index in [4.69, 9.17) is 5.84 Å². The molecule has 4 N–H and O–H groups in total. The maximum Gasteiger partial charge on any atom is 0.178 e. The highest BCUT2D eigenvalue weighted by Gasteiger charge is 2.22. The van der Waals surface area contributed by atoms with Gasteiger partial charge in [-0.1, -0.05) is 24.3 Å². The van der Waals surface area contributed by atoms with Gasteiger partial charge in [0, 0.05) is 6.07 Å². The molecule has 110 valence electrons. The zero-order valence-corrected chi connectivity index (χ0v) is 11.4. The number of nitrogens with zero attached hydrogens (tertiary/aromatic N) is 1. The van der Waals surface area contributed by atoms with Gasteiger partial charge in [0.25, 0.3) is 0 Å². The maximum atomic E-state index is 13.9. The smallest absolute Gasteiger partial charge is 0.178 e. The topological polar surface area (TPSA) is 63.0 Å². The van der Waals surface area contributed by atoms with Crippen LogP contribution in [-0.2, 0) is 6.42 Å². The van der Waals surface area contributed by atoms with Crippen molar-refractivity contribution in [1.82, 2.24) is 4.98 Å². The highest BCUT2D eigenvalue weighted by atomic mass is 19.1. The second-order valence-electron chi connectivity index (χ2n) is 5.08.